The molecule has 0 bridgehead atoms. The molecular formula is C12H20N2O4. The molecule has 2 saturated heterocycles. The number of carbonyl (C=O) groups is 2. The fourth-order valence-corrected chi connectivity index (χ4v) is 2.61. The van der Waals surface area contributed by atoms with Gasteiger partial charge in [-0.3, -0.25) is 9.59 Å². The minimum Gasteiger partial charge on any atom is -0.481 e. The summed E-state index contributed by atoms with van der Waals surface area (Å²) in [6.07, 6.45) is 2.57. The van der Waals surface area contributed by atoms with Crippen molar-refractivity contribution < 1.29 is 19.4 Å². The van der Waals surface area contributed by atoms with Crippen LogP contribution in [-0.2, 0) is 14.3 Å². The minimum atomic E-state index is -0.887. The van der Waals surface area contributed by atoms with Crippen molar-refractivity contribution in [1.29, 1.82) is 0 Å². The summed E-state index contributed by atoms with van der Waals surface area (Å²) in [5.74, 6) is -0.841. The van der Waals surface area contributed by atoms with E-state index < -0.39 is 5.97 Å². The zero-order chi connectivity index (χ0) is 13.0. The molecule has 18 heavy (non-hydrogen) atoms. The second-order valence-electron chi connectivity index (χ2n) is 4.91. The van der Waals surface area contributed by atoms with Crippen LogP contribution in [0.1, 0.15) is 25.7 Å². The molecule has 2 atom stereocenters. The summed E-state index contributed by atoms with van der Waals surface area (Å²) in [6, 6.07) is -0.0593. The average molecular weight is 256 g/mol. The first kappa shape index (κ1) is 13.3. The lowest BCUT2D eigenvalue weighted by molar-refractivity contribution is -0.146. The Morgan fingerprint density at radius 1 is 1.39 bits per heavy atom. The highest BCUT2D eigenvalue weighted by molar-refractivity contribution is 5.78. The second-order valence-corrected chi connectivity index (χ2v) is 4.91. The molecule has 1 amide bonds. The van der Waals surface area contributed by atoms with Crippen LogP contribution in [0.2, 0.25) is 0 Å². The largest absolute Gasteiger partial charge is 0.481 e. The van der Waals surface area contributed by atoms with Gasteiger partial charge in [0.15, 0.2) is 0 Å². The normalized spacial score (nSPS) is 28.3. The highest BCUT2D eigenvalue weighted by atomic mass is 16.5. The Bertz CT molecular complexity index is 315. The van der Waals surface area contributed by atoms with Gasteiger partial charge in [0.25, 0.3) is 0 Å². The molecule has 2 heterocycles. The first-order chi connectivity index (χ1) is 8.66. The molecule has 102 valence electrons. The van der Waals surface area contributed by atoms with Crippen molar-refractivity contribution in [1.82, 2.24) is 10.2 Å². The van der Waals surface area contributed by atoms with Crippen LogP contribution in [0.5, 0.6) is 0 Å². The Balaban J connectivity index is 1.90. The van der Waals surface area contributed by atoms with Gasteiger partial charge in [-0.2, -0.15) is 0 Å². The maximum absolute atomic E-state index is 12.2. The molecule has 0 aromatic heterocycles. The molecule has 0 aromatic carbocycles. The molecule has 0 aromatic rings. The van der Waals surface area contributed by atoms with Crippen molar-refractivity contribution in [2.24, 2.45) is 0 Å². The monoisotopic (exact) mass is 256 g/mol. The van der Waals surface area contributed by atoms with Crippen LogP contribution < -0.4 is 5.32 Å². The molecule has 2 unspecified atom stereocenters. The molecule has 2 rings (SSSR count). The first-order valence-electron chi connectivity index (χ1n) is 6.49. The van der Waals surface area contributed by atoms with Gasteiger partial charge in [0.1, 0.15) is 0 Å². The zero-order valence-electron chi connectivity index (χ0n) is 10.4. The summed E-state index contributed by atoms with van der Waals surface area (Å²) in [5.41, 5.74) is 0. The summed E-state index contributed by atoms with van der Waals surface area (Å²) in [6.45, 7) is 2.30. The quantitative estimate of drug-likeness (QED) is 0.730. The summed E-state index contributed by atoms with van der Waals surface area (Å²) in [7, 11) is 0. The predicted molar refractivity (Wildman–Crippen MR) is 64.2 cm³/mol. The Labute approximate surface area is 106 Å². The van der Waals surface area contributed by atoms with Crippen molar-refractivity contribution in [3.63, 3.8) is 0 Å². The van der Waals surface area contributed by atoms with Crippen molar-refractivity contribution in [2.75, 3.05) is 26.3 Å². The minimum absolute atomic E-state index is 0.0379. The fraction of sp³-hybridized carbons (Fsp3) is 0.833. The molecule has 2 aliphatic heterocycles. The van der Waals surface area contributed by atoms with Crippen LogP contribution in [0.3, 0.4) is 0 Å². The maximum Gasteiger partial charge on any atom is 0.305 e. The van der Waals surface area contributed by atoms with Crippen molar-refractivity contribution in [2.45, 2.75) is 37.8 Å². The van der Waals surface area contributed by atoms with Crippen LogP contribution in [0.4, 0.5) is 0 Å². The lowest BCUT2D eigenvalue weighted by Crippen LogP contribution is -2.50. The number of morpholine rings is 1. The van der Waals surface area contributed by atoms with Crippen molar-refractivity contribution >= 4 is 11.9 Å². The number of rotatable bonds is 4. The smallest absolute Gasteiger partial charge is 0.305 e. The highest BCUT2D eigenvalue weighted by Gasteiger charge is 2.30. The molecule has 0 aliphatic carbocycles. The Hall–Kier alpha value is -1.14. The van der Waals surface area contributed by atoms with Gasteiger partial charge in [-0.1, -0.05) is 0 Å². The number of aliphatic carboxylic acids is 1. The number of hydrogen-bond donors (Lipinski definition) is 2. The number of amides is 1. The lowest BCUT2D eigenvalue weighted by Gasteiger charge is -2.35. The molecule has 0 spiro atoms. The molecule has 2 fully saturated rings. The van der Waals surface area contributed by atoms with Crippen LogP contribution in [0.15, 0.2) is 0 Å². The second kappa shape index (κ2) is 6.15. The van der Waals surface area contributed by atoms with Crippen LogP contribution in [-0.4, -0.2) is 60.3 Å². The topological polar surface area (TPSA) is 78.9 Å². The molecule has 2 aliphatic rings. The van der Waals surface area contributed by atoms with Gasteiger partial charge in [-0.25, -0.2) is 0 Å². The molecule has 2 N–H and O–H groups in total. The number of ether oxygens (including phenoxy) is 1. The third-order valence-electron chi connectivity index (χ3n) is 3.54. The summed E-state index contributed by atoms with van der Waals surface area (Å²) in [5, 5.41) is 12.1. The third-order valence-corrected chi connectivity index (χ3v) is 3.54. The van der Waals surface area contributed by atoms with E-state index in [0.29, 0.717) is 26.2 Å². The molecular weight excluding hydrogens is 236 g/mol. The third kappa shape index (κ3) is 3.43. The van der Waals surface area contributed by atoms with Gasteiger partial charge in [0, 0.05) is 19.0 Å². The number of nitrogens with one attached hydrogen (secondary N) is 1. The number of carbonyl (C=O) groups excluding carboxylic acids is 1. The van der Waals surface area contributed by atoms with E-state index >= 15 is 0 Å². The van der Waals surface area contributed by atoms with Crippen LogP contribution >= 0.6 is 0 Å². The standard InChI is InChI=1S/C12H20N2O4/c15-11(6-9-2-1-3-13-9)14-4-5-18-8-10(14)7-12(16)17/h9-10,13H,1-8H2,(H,16,17). The summed E-state index contributed by atoms with van der Waals surface area (Å²) < 4.78 is 5.26. The Kier molecular flexibility index (Phi) is 4.54. The van der Waals surface area contributed by atoms with Crippen LogP contribution in [0, 0.1) is 0 Å². The van der Waals surface area contributed by atoms with E-state index in [4.69, 9.17) is 9.84 Å². The van der Waals surface area contributed by atoms with E-state index in [0.717, 1.165) is 19.4 Å². The molecule has 0 saturated carbocycles. The number of hydrogen-bond acceptors (Lipinski definition) is 4. The first-order valence-corrected chi connectivity index (χ1v) is 6.49. The van der Waals surface area contributed by atoms with Gasteiger partial charge >= 0.3 is 5.97 Å². The Morgan fingerprint density at radius 2 is 2.22 bits per heavy atom. The predicted octanol–water partition coefficient (Wildman–Crippen LogP) is -0.169. The van der Waals surface area contributed by atoms with E-state index in [-0.39, 0.29) is 24.4 Å². The van der Waals surface area contributed by atoms with E-state index in [1.807, 2.05) is 0 Å². The van der Waals surface area contributed by atoms with Gasteiger partial charge in [0.05, 0.1) is 25.7 Å². The average Bonchev–Trinajstić information content (AvgIpc) is 2.81. The fourth-order valence-electron chi connectivity index (χ4n) is 2.61. The van der Waals surface area contributed by atoms with E-state index in [1.54, 1.807) is 4.90 Å². The summed E-state index contributed by atoms with van der Waals surface area (Å²) >= 11 is 0. The summed E-state index contributed by atoms with van der Waals surface area (Å²) in [4.78, 5) is 24.6. The van der Waals surface area contributed by atoms with E-state index in [1.165, 1.54) is 0 Å². The Morgan fingerprint density at radius 3 is 2.89 bits per heavy atom. The van der Waals surface area contributed by atoms with Gasteiger partial charge in [-0.15, -0.1) is 0 Å². The van der Waals surface area contributed by atoms with Gasteiger partial charge < -0.3 is 20.1 Å². The van der Waals surface area contributed by atoms with Crippen LogP contribution in [0.25, 0.3) is 0 Å². The number of nitrogens with zero attached hydrogens (tertiary/aromatic N) is 1. The number of carboxylic acids is 1. The van der Waals surface area contributed by atoms with E-state index in [2.05, 4.69) is 5.32 Å². The maximum atomic E-state index is 12.2. The SMILES string of the molecule is O=C(O)CC1COCCN1C(=O)CC1CCCN1. The van der Waals surface area contributed by atoms with Crippen molar-refractivity contribution in [3.8, 4) is 0 Å². The van der Waals surface area contributed by atoms with E-state index in [9.17, 15) is 9.59 Å². The van der Waals surface area contributed by atoms with Gasteiger partial charge in [0.2, 0.25) is 5.91 Å². The van der Waals surface area contributed by atoms with Gasteiger partial charge in [-0.05, 0) is 19.4 Å². The van der Waals surface area contributed by atoms with Crippen molar-refractivity contribution in [3.05, 3.63) is 0 Å². The molecule has 0 radical (unpaired) electrons. The molecule has 6 heteroatoms. The molecule has 6 nitrogen and oxygen atoms in total. The highest BCUT2D eigenvalue weighted by Crippen LogP contribution is 2.16. The number of carboxylic acid groups (broad SMARTS) is 1. The lowest BCUT2D eigenvalue weighted by atomic mass is 10.1. The zero-order valence-corrected chi connectivity index (χ0v) is 10.4.